The second-order valence-electron chi connectivity index (χ2n) is 8.69. The second kappa shape index (κ2) is 10.6. The van der Waals surface area contributed by atoms with Crippen LogP contribution in [-0.4, -0.2) is 74.1 Å². The van der Waals surface area contributed by atoms with Gasteiger partial charge in [-0.25, -0.2) is 9.97 Å². The summed E-state index contributed by atoms with van der Waals surface area (Å²) in [4.78, 5) is 25.6. The summed E-state index contributed by atoms with van der Waals surface area (Å²) in [7, 11) is 4.16. The predicted octanol–water partition coefficient (Wildman–Crippen LogP) is 3.03. The number of amides is 1. The first kappa shape index (κ1) is 22.9. The molecule has 0 radical (unpaired) electrons. The molecule has 0 atom stereocenters. The lowest BCUT2D eigenvalue weighted by Crippen LogP contribution is -2.43. The van der Waals surface area contributed by atoms with Crippen LogP contribution in [0.25, 0.3) is 22.2 Å². The van der Waals surface area contributed by atoms with Crippen LogP contribution in [0.4, 0.5) is 17.2 Å². The molecule has 8 nitrogen and oxygen atoms in total. The number of rotatable bonds is 8. The molecule has 1 fully saturated rings. The number of nitrogens with one attached hydrogen (secondary N) is 3. The van der Waals surface area contributed by atoms with E-state index in [9.17, 15) is 4.79 Å². The van der Waals surface area contributed by atoms with E-state index in [0.717, 1.165) is 85.0 Å². The quantitative estimate of drug-likeness (QED) is 0.458. The number of pyridine rings is 2. The number of hydrogen-bond donors (Lipinski definition) is 3. The number of aromatic nitrogens is 2. The van der Waals surface area contributed by atoms with Gasteiger partial charge in [-0.2, -0.15) is 0 Å². The molecule has 1 aliphatic rings. The highest BCUT2D eigenvalue weighted by Crippen LogP contribution is 2.31. The van der Waals surface area contributed by atoms with Gasteiger partial charge in [-0.15, -0.1) is 0 Å². The first-order valence-electron chi connectivity index (χ1n) is 11.5. The number of carbonyl (C=O) groups excluding carboxylic acids is 1. The fraction of sp³-hybridized carbons (Fsp3) is 0.400. The molecule has 0 unspecified atom stereocenters. The van der Waals surface area contributed by atoms with Crippen molar-refractivity contribution in [3.63, 3.8) is 0 Å². The summed E-state index contributed by atoms with van der Waals surface area (Å²) in [6.07, 6.45) is 2.94. The molecule has 4 rings (SSSR count). The van der Waals surface area contributed by atoms with E-state index in [4.69, 9.17) is 9.97 Å². The van der Waals surface area contributed by atoms with E-state index in [1.165, 1.54) is 6.92 Å². The summed E-state index contributed by atoms with van der Waals surface area (Å²) in [5, 5.41) is 10.8. The average molecular weight is 448 g/mol. The fourth-order valence-corrected chi connectivity index (χ4v) is 4.04. The van der Waals surface area contributed by atoms with E-state index in [0.29, 0.717) is 0 Å². The lowest BCUT2D eigenvalue weighted by molar-refractivity contribution is -0.114. The van der Waals surface area contributed by atoms with Crippen LogP contribution in [-0.2, 0) is 4.79 Å². The third kappa shape index (κ3) is 5.97. The molecule has 8 heteroatoms. The van der Waals surface area contributed by atoms with Crippen molar-refractivity contribution in [2.45, 2.75) is 13.3 Å². The molecule has 0 aliphatic carbocycles. The van der Waals surface area contributed by atoms with Crippen molar-refractivity contribution in [1.82, 2.24) is 20.2 Å². The van der Waals surface area contributed by atoms with Gasteiger partial charge in [0.15, 0.2) is 0 Å². The SMILES string of the molecule is CC(=O)Nc1ccc2nc(-c3ccc(N4CCNCC4)nc3)cc(NCCCN(C)C)c2c1. The first-order valence-corrected chi connectivity index (χ1v) is 11.5. The summed E-state index contributed by atoms with van der Waals surface area (Å²) in [6, 6.07) is 12.1. The van der Waals surface area contributed by atoms with Gasteiger partial charge in [-0.05, 0) is 63.5 Å². The van der Waals surface area contributed by atoms with E-state index in [2.05, 4.69) is 58.0 Å². The third-order valence-electron chi connectivity index (χ3n) is 5.71. The monoisotopic (exact) mass is 447 g/mol. The van der Waals surface area contributed by atoms with Gasteiger partial charge >= 0.3 is 0 Å². The molecule has 174 valence electrons. The Hall–Kier alpha value is -3.23. The van der Waals surface area contributed by atoms with Crippen LogP contribution in [0.3, 0.4) is 0 Å². The van der Waals surface area contributed by atoms with Gasteiger partial charge in [0.05, 0.1) is 11.2 Å². The maximum Gasteiger partial charge on any atom is 0.221 e. The van der Waals surface area contributed by atoms with Crippen molar-refractivity contribution in [3.8, 4) is 11.3 Å². The highest BCUT2D eigenvalue weighted by atomic mass is 16.1. The first-order chi connectivity index (χ1) is 16.0. The van der Waals surface area contributed by atoms with Crippen molar-refractivity contribution < 1.29 is 4.79 Å². The number of carbonyl (C=O) groups is 1. The van der Waals surface area contributed by atoms with Gasteiger partial charge in [0.1, 0.15) is 5.82 Å². The minimum absolute atomic E-state index is 0.0879. The number of anilines is 3. The third-order valence-corrected chi connectivity index (χ3v) is 5.71. The normalized spacial score (nSPS) is 14.0. The van der Waals surface area contributed by atoms with Crippen molar-refractivity contribution in [2.24, 2.45) is 0 Å². The van der Waals surface area contributed by atoms with Crippen molar-refractivity contribution >= 4 is 34.0 Å². The Morgan fingerprint density at radius 2 is 1.97 bits per heavy atom. The predicted molar refractivity (Wildman–Crippen MR) is 136 cm³/mol. The molecule has 3 aromatic rings. The minimum Gasteiger partial charge on any atom is -0.384 e. The zero-order valence-corrected chi connectivity index (χ0v) is 19.7. The van der Waals surface area contributed by atoms with Gasteiger partial charge in [-0.1, -0.05) is 0 Å². The van der Waals surface area contributed by atoms with Gasteiger partial charge < -0.3 is 25.8 Å². The molecule has 2 aromatic heterocycles. The summed E-state index contributed by atoms with van der Waals surface area (Å²) in [6.45, 7) is 7.29. The van der Waals surface area contributed by atoms with Crippen LogP contribution in [0.1, 0.15) is 13.3 Å². The molecule has 3 N–H and O–H groups in total. The molecule has 1 saturated heterocycles. The Kier molecular flexibility index (Phi) is 7.36. The Bertz CT molecular complexity index is 1090. The van der Waals surface area contributed by atoms with Crippen molar-refractivity contribution in [2.75, 3.05) is 68.9 Å². The maximum atomic E-state index is 11.5. The molecule has 0 spiro atoms. The van der Waals surface area contributed by atoms with Gasteiger partial charge in [0.2, 0.25) is 5.91 Å². The van der Waals surface area contributed by atoms with Gasteiger partial charge in [0, 0.05) is 68.2 Å². The molecule has 0 bridgehead atoms. The average Bonchev–Trinajstić information content (AvgIpc) is 2.82. The highest BCUT2D eigenvalue weighted by molar-refractivity contribution is 5.98. The number of piperazine rings is 1. The fourth-order valence-electron chi connectivity index (χ4n) is 4.04. The van der Waals surface area contributed by atoms with Crippen LogP contribution in [0.2, 0.25) is 0 Å². The van der Waals surface area contributed by atoms with E-state index in [1.54, 1.807) is 0 Å². The second-order valence-corrected chi connectivity index (χ2v) is 8.69. The van der Waals surface area contributed by atoms with Gasteiger partial charge in [-0.3, -0.25) is 4.79 Å². The number of hydrogen-bond acceptors (Lipinski definition) is 7. The number of benzene rings is 1. The zero-order valence-electron chi connectivity index (χ0n) is 19.7. The van der Waals surface area contributed by atoms with Gasteiger partial charge in [0.25, 0.3) is 0 Å². The number of fused-ring (bicyclic) bond motifs is 1. The van der Waals surface area contributed by atoms with E-state index in [1.807, 2.05) is 24.4 Å². The highest BCUT2D eigenvalue weighted by Gasteiger charge is 2.13. The van der Waals surface area contributed by atoms with Crippen molar-refractivity contribution in [1.29, 1.82) is 0 Å². The summed E-state index contributed by atoms with van der Waals surface area (Å²) in [5.74, 6) is 0.915. The minimum atomic E-state index is -0.0879. The van der Waals surface area contributed by atoms with E-state index < -0.39 is 0 Å². The summed E-state index contributed by atoms with van der Waals surface area (Å²) >= 11 is 0. The Balaban J connectivity index is 1.63. The van der Waals surface area contributed by atoms with Crippen LogP contribution in [0, 0.1) is 0 Å². The molecule has 1 amide bonds. The lowest BCUT2D eigenvalue weighted by atomic mass is 10.1. The topological polar surface area (TPSA) is 85.4 Å². The van der Waals surface area contributed by atoms with Crippen LogP contribution >= 0.6 is 0 Å². The maximum absolute atomic E-state index is 11.5. The largest absolute Gasteiger partial charge is 0.384 e. The molecule has 0 saturated carbocycles. The lowest BCUT2D eigenvalue weighted by Gasteiger charge is -2.28. The summed E-state index contributed by atoms with van der Waals surface area (Å²) < 4.78 is 0. The Morgan fingerprint density at radius 3 is 2.67 bits per heavy atom. The molecule has 33 heavy (non-hydrogen) atoms. The van der Waals surface area contributed by atoms with Crippen LogP contribution in [0.15, 0.2) is 42.6 Å². The standard InChI is InChI=1S/C25H33N7O/c1-18(33)29-20-6-7-22-21(15-20)24(27-9-4-12-31(2)3)16-23(30-22)19-5-8-25(28-17-19)32-13-10-26-11-14-32/h5-8,15-17,26H,4,9-14H2,1-3H3,(H,27,30)(H,29,33). The number of nitrogens with zero attached hydrogens (tertiary/aromatic N) is 4. The smallest absolute Gasteiger partial charge is 0.221 e. The molecule has 1 aliphatic heterocycles. The Labute approximate surface area is 195 Å². The molecular weight excluding hydrogens is 414 g/mol. The summed E-state index contributed by atoms with van der Waals surface area (Å²) in [5.41, 5.74) is 4.51. The van der Waals surface area contributed by atoms with E-state index >= 15 is 0 Å². The Morgan fingerprint density at radius 1 is 1.15 bits per heavy atom. The molecule has 1 aromatic carbocycles. The van der Waals surface area contributed by atoms with Crippen LogP contribution < -0.4 is 20.9 Å². The zero-order chi connectivity index (χ0) is 23.2. The molecular formula is C25H33N7O. The van der Waals surface area contributed by atoms with E-state index in [-0.39, 0.29) is 5.91 Å². The molecule has 3 heterocycles. The van der Waals surface area contributed by atoms with Crippen LogP contribution in [0.5, 0.6) is 0 Å². The van der Waals surface area contributed by atoms with Crippen molar-refractivity contribution in [3.05, 3.63) is 42.6 Å².